The average Bonchev–Trinajstić information content (AvgIpc) is 2.97. The Kier molecular flexibility index (Phi) is 5.20. The Hall–Kier alpha value is -2.90. The minimum absolute atomic E-state index is 0.181. The lowest BCUT2D eigenvalue weighted by Crippen LogP contribution is -2.39. The molecule has 1 aromatic heterocycles. The Labute approximate surface area is 157 Å². The molecule has 8 heteroatoms. The molecular weight excluding hydrogens is 376 g/mol. The number of fused-ring (bicyclic) bond motifs is 1. The van der Waals surface area contributed by atoms with Crippen LogP contribution < -0.4 is 11.1 Å². The molecule has 0 saturated carbocycles. The fourth-order valence-electron chi connectivity index (χ4n) is 2.39. The first-order chi connectivity index (χ1) is 12.5. The number of rotatable bonds is 4. The summed E-state index contributed by atoms with van der Waals surface area (Å²) in [6, 6.07) is 14.5. The third-order valence-electron chi connectivity index (χ3n) is 3.53. The molecule has 26 heavy (non-hydrogen) atoms. The van der Waals surface area contributed by atoms with Crippen molar-refractivity contribution in [3.8, 4) is 0 Å². The second-order valence-corrected chi connectivity index (χ2v) is 6.72. The quantitative estimate of drug-likeness (QED) is 0.666. The fraction of sp³-hybridized carbons (Fsp3) is 0.0556. The van der Waals surface area contributed by atoms with Gasteiger partial charge < -0.3 is 10.5 Å². The molecule has 0 aliphatic rings. The highest BCUT2D eigenvalue weighted by Crippen LogP contribution is 2.36. The van der Waals surface area contributed by atoms with Gasteiger partial charge in [-0.2, -0.15) is 0 Å². The summed E-state index contributed by atoms with van der Waals surface area (Å²) in [4.78, 5) is 36.1. The van der Waals surface area contributed by atoms with E-state index in [1.807, 2.05) is 23.5 Å². The van der Waals surface area contributed by atoms with Crippen LogP contribution in [0, 0.1) is 0 Å². The maximum Gasteiger partial charge on any atom is 0.351 e. The first-order valence-corrected chi connectivity index (χ1v) is 8.70. The number of hydrogen-bond acceptors (Lipinski definition) is 5. The zero-order chi connectivity index (χ0) is 18.7. The standard InChI is InChI=1S/C18H13ClN2O4S/c19-13-11-8-4-5-9-12(11)26-15(13)17(23)25-14(16(22)21-18(20)24)10-6-2-1-3-7-10/h1-9,14H,(H3,20,21,22,24)/t14-/m0/s1. The van der Waals surface area contributed by atoms with Gasteiger partial charge in [-0.15, -0.1) is 11.3 Å². The van der Waals surface area contributed by atoms with Gasteiger partial charge in [-0.1, -0.05) is 60.1 Å². The number of nitrogens with two attached hydrogens (primary N) is 1. The lowest BCUT2D eigenvalue weighted by Gasteiger charge is -2.16. The van der Waals surface area contributed by atoms with Crippen LogP contribution >= 0.6 is 22.9 Å². The zero-order valence-corrected chi connectivity index (χ0v) is 14.8. The summed E-state index contributed by atoms with van der Waals surface area (Å²) < 4.78 is 6.18. The van der Waals surface area contributed by atoms with E-state index in [-0.39, 0.29) is 9.90 Å². The minimum Gasteiger partial charge on any atom is -0.443 e. The average molecular weight is 389 g/mol. The topological polar surface area (TPSA) is 98.5 Å². The van der Waals surface area contributed by atoms with E-state index in [1.54, 1.807) is 36.4 Å². The highest BCUT2D eigenvalue weighted by Gasteiger charge is 2.28. The van der Waals surface area contributed by atoms with Crippen molar-refractivity contribution in [1.82, 2.24) is 5.32 Å². The monoisotopic (exact) mass is 388 g/mol. The predicted molar refractivity (Wildman–Crippen MR) is 99.2 cm³/mol. The van der Waals surface area contributed by atoms with Crippen LogP contribution in [-0.2, 0) is 9.53 Å². The van der Waals surface area contributed by atoms with Gasteiger partial charge in [-0.25, -0.2) is 9.59 Å². The van der Waals surface area contributed by atoms with E-state index in [0.29, 0.717) is 5.56 Å². The molecule has 0 unspecified atom stereocenters. The summed E-state index contributed by atoms with van der Waals surface area (Å²) in [7, 11) is 0. The normalized spacial score (nSPS) is 11.7. The second-order valence-electron chi connectivity index (χ2n) is 5.29. The van der Waals surface area contributed by atoms with E-state index < -0.39 is 24.0 Å². The van der Waals surface area contributed by atoms with Crippen molar-refractivity contribution in [2.45, 2.75) is 6.10 Å². The number of ether oxygens (including phenoxy) is 1. The molecule has 0 aliphatic heterocycles. The van der Waals surface area contributed by atoms with E-state index in [2.05, 4.69) is 0 Å². The van der Waals surface area contributed by atoms with Gasteiger partial charge in [-0.3, -0.25) is 10.1 Å². The number of nitrogens with one attached hydrogen (secondary N) is 1. The number of imide groups is 1. The van der Waals surface area contributed by atoms with Gasteiger partial charge in [-0.05, 0) is 6.07 Å². The van der Waals surface area contributed by atoms with Crippen LogP contribution in [0.25, 0.3) is 10.1 Å². The Morgan fingerprint density at radius 3 is 2.35 bits per heavy atom. The van der Waals surface area contributed by atoms with Crippen LogP contribution in [0.15, 0.2) is 54.6 Å². The number of urea groups is 1. The van der Waals surface area contributed by atoms with Crippen molar-refractivity contribution in [2.24, 2.45) is 5.73 Å². The number of amides is 3. The number of benzene rings is 2. The Morgan fingerprint density at radius 1 is 1.04 bits per heavy atom. The summed E-state index contributed by atoms with van der Waals surface area (Å²) in [5.74, 6) is -1.60. The molecular formula is C18H13ClN2O4S. The van der Waals surface area contributed by atoms with Gasteiger partial charge in [0.2, 0.25) is 6.10 Å². The van der Waals surface area contributed by atoms with Crippen molar-refractivity contribution in [2.75, 3.05) is 0 Å². The first-order valence-electron chi connectivity index (χ1n) is 7.50. The molecule has 2 aromatic carbocycles. The Morgan fingerprint density at radius 2 is 1.69 bits per heavy atom. The van der Waals surface area contributed by atoms with E-state index in [9.17, 15) is 14.4 Å². The van der Waals surface area contributed by atoms with Crippen LogP contribution in [-0.4, -0.2) is 17.9 Å². The third kappa shape index (κ3) is 3.68. The minimum atomic E-state index is -1.34. The fourth-order valence-corrected chi connectivity index (χ4v) is 3.78. The third-order valence-corrected chi connectivity index (χ3v) is 5.19. The van der Waals surface area contributed by atoms with Gasteiger partial charge in [0.1, 0.15) is 4.88 Å². The molecule has 1 atom stereocenters. The molecule has 0 saturated heterocycles. The number of thiophene rings is 1. The molecule has 3 amide bonds. The van der Waals surface area contributed by atoms with Crippen LogP contribution in [0.1, 0.15) is 21.3 Å². The summed E-state index contributed by atoms with van der Waals surface area (Å²) in [5.41, 5.74) is 5.40. The summed E-state index contributed by atoms with van der Waals surface area (Å²) >= 11 is 7.45. The Bertz CT molecular complexity index is 987. The van der Waals surface area contributed by atoms with Gasteiger partial charge in [0.05, 0.1) is 5.02 Å². The largest absolute Gasteiger partial charge is 0.443 e. The summed E-state index contributed by atoms with van der Waals surface area (Å²) in [6.45, 7) is 0. The number of halogens is 1. The first kappa shape index (κ1) is 17.9. The second kappa shape index (κ2) is 7.55. The highest BCUT2D eigenvalue weighted by molar-refractivity contribution is 7.21. The van der Waals surface area contributed by atoms with E-state index in [0.717, 1.165) is 21.4 Å². The van der Waals surface area contributed by atoms with Crippen molar-refractivity contribution >= 4 is 50.9 Å². The highest BCUT2D eigenvalue weighted by atomic mass is 35.5. The van der Waals surface area contributed by atoms with Gasteiger partial charge in [0.15, 0.2) is 0 Å². The van der Waals surface area contributed by atoms with E-state index >= 15 is 0 Å². The maximum absolute atomic E-state index is 12.6. The van der Waals surface area contributed by atoms with Crippen LogP contribution in [0.4, 0.5) is 4.79 Å². The summed E-state index contributed by atoms with van der Waals surface area (Å²) in [5, 5.41) is 2.92. The molecule has 0 radical (unpaired) electrons. The van der Waals surface area contributed by atoms with E-state index in [4.69, 9.17) is 22.1 Å². The molecule has 132 valence electrons. The van der Waals surface area contributed by atoms with Crippen molar-refractivity contribution < 1.29 is 19.1 Å². The number of esters is 1. The van der Waals surface area contributed by atoms with Crippen molar-refractivity contribution in [3.05, 3.63) is 70.1 Å². The summed E-state index contributed by atoms with van der Waals surface area (Å²) in [6.07, 6.45) is -1.34. The molecule has 3 aromatic rings. The lowest BCUT2D eigenvalue weighted by molar-refractivity contribution is -0.129. The Balaban J connectivity index is 1.92. The smallest absolute Gasteiger partial charge is 0.351 e. The number of carbonyl (C=O) groups is 3. The number of primary amides is 1. The molecule has 0 aliphatic carbocycles. The maximum atomic E-state index is 12.6. The van der Waals surface area contributed by atoms with Crippen LogP contribution in [0.2, 0.25) is 5.02 Å². The molecule has 1 heterocycles. The van der Waals surface area contributed by atoms with E-state index in [1.165, 1.54) is 0 Å². The number of carbonyl (C=O) groups excluding carboxylic acids is 3. The molecule has 0 spiro atoms. The lowest BCUT2D eigenvalue weighted by atomic mass is 10.1. The van der Waals surface area contributed by atoms with Crippen molar-refractivity contribution in [1.29, 1.82) is 0 Å². The zero-order valence-electron chi connectivity index (χ0n) is 13.3. The van der Waals surface area contributed by atoms with Crippen molar-refractivity contribution in [3.63, 3.8) is 0 Å². The van der Waals surface area contributed by atoms with Gasteiger partial charge in [0.25, 0.3) is 5.91 Å². The van der Waals surface area contributed by atoms with Crippen LogP contribution in [0.3, 0.4) is 0 Å². The number of hydrogen-bond donors (Lipinski definition) is 2. The molecule has 0 fully saturated rings. The predicted octanol–water partition coefficient (Wildman–Crippen LogP) is 3.65. The molecule has 3 N–H and O–H groups in total. The van der Waals surface area contributed by atoms with Gasteiger partial charge in [0, 0.05) is 15.6 Å². The SMILES string of the molecule is NC(=O)NC(=O)[C@@H](OC(=O)c1sc2ccccc2c1Cl)c1ccccc1. The molecule has 3 rings (SSSR count). The molecule has 6 nitrogen and oxygen atoms in total. The van der Waals surface area contributed by atoms with Gasteiger partial charge >= 0.3 is 12.0 Å². The molecule has 0 bridgehead atoms. The van der Waals surface area contributed by atoms with Crippen LogP contribution in [0.5, 0.6) is 0 Å².